The molecule has 4 heteroatoms. The second kappa shape index (κ2) is 4.31. The van der Waals surface area contributed by atoms with Gasteiger partial charge in [0, 0.05) is 17.1 Å². The zero-order chi connectivity index (χ0) is 13.4. The molecule has 0 saturated heterocycles. The molecule has 2 aromatic heterocycles. The van der Waals surface area contributed by atoms with E-state index in [1.807, 2.05) is 38.1 Å². The molecule has 0 saturated carbocycles. The van der Waals surface area contributed by atoms with Crippen LogP contribution >= 0.6 is 0 Å². The highest BCUT2D eigenvalue weighted by atomic mass is 15.1. The molecule has 0 radical (unpaired) electrons. The largest absolute Gasteiger partial charge is 0.382 e. The first-order valence-corrected chi connectivity index (χ1v) is 6.11. The van der Waals surface area contributed by atoms with Crippen molar-refractivity contribution in [2.24, 2.45) is 0 Å². The highest BCUT2D eigenvalue weighted by Crippen LogP contribution is 2.26. The molecule has 0 fully saturated rings. The topological polar surface area (TPSA) is 64.7 Å². The van der Waals surface area contributed by atoms with Gasteiger partial charge in [0.05, 0.1) is 11.2 Å². The number of benzene rings is 1. The Morgan fingerprint density at radius 1 is 1.00 bits per heavy atom. The van der Waals surface area contributed by atoms with Crippen LogP contribution in [0.5, 0.6) is 0 Å². The highest BCUT2D eigenvalue weighted by Gasteiger charge is 2.10. The number of nitrogens with zero attached hydrogens (tertiary/aromatic N) is 3. The van der Waals surface area contributed by atoms with Crippen molar-refractivity contribution >= 4 is 16.7 Å². The summed E-state index contributed by atoms with van der Waals surface area (Å²) in [5.74, 6) is 0.490. The fraction of sp³-hybridized carbons (Fsp3) is 0.133. The molecule has 0 aliphatic carbocycles. The van der Waals surface area contributed by atoms with Crippen LogP contribution in [0.2, 0.25) is 0 Å². The Labute approximate surface area is 111 Å². The molecule has 19 heavy (non-hydrogen) atoms. The highest BCUT2D eigenvalue weighted by molar-refractivity contribution is 5.84. The normalized spacial score (nSPS) is 10.8. The number of pyridine rings is 1. The van der Waals surface area contributed by atoms with Gasteiger partial charge in [-0.25, -0.2) is 0 Å². The molecule has 1 aromatic carbocycles. The third-order valence-corrected chi connectivity index (χ3v) is 3.44. The van der Waals surface area contributed by atoms with Crippen LogP contribution in [-0.4, -0.2) is 15.2 Å². The minimum absolute atomic E-state index is 0.490. The van der Waals surface area contributed by atoms with Crippen molar-refractivity contribution in [1.29, 1.82) is 0 Å². The second-order valence-corrected chi connectivity index (χ2v) is 4.59. The smallest absolute Gasteiger partial charge is 0.149 e. The van der Waals surface area contributed by atoms with Crippen molar-refractivity contribution in [2.75, 3.05) is 5.73 Å². The molecular formula is C15H14N4. The van der Waals surface area contributed by atoms with E-state index in [0.29, 0.717) is 5.82 Å². The first-order chi connectivity index (χ1) is 9.16. The molecule has 2 heterocycles. The Morgan fingerprint density at radius 3 is 2.68 bits per heavy atom. The first-order valence-electron chi connectivity index (χ1n) is 6.11. The molecule has 3 aromatic rings. The van der Waals surface area contributed by atoms with Crippen molar-refractivity contribution in [2.45, 2.75) is 13.8 Å². The summed E-state index contributed by atoms with van der Waals surface area (Å²) in [6.07, 6.45) is 1.79. The summed E-state index contributed by atoms with van der Waals surface area (Å²) < 4.78 is 0. The molecule has 0 aliphatic rings. The Morgan fingerprint density at radius 2 is 1.84 bits per heavy atom. The van der Waals surface area contributed by atoms with Gasteiger partial charge in [0.1, 0.15) is 5.82 Å². The Hall–Kier alpha value is -2.49. The number of nitrogen functional groups attached to an aromatic ring is 1. The monoisotopic (exact) mass is 250 g/mol. The van der Waals surface area contributed by atoms with E-state index < -0.39 is 0 Å². The summed E-state index contributed by atoms with van der Waals surface area (Å²) in [6.45, 7) is 3.98. The number of rotatable bonds is 1. The van der Waals surface area contributed by atoms with Gasteiger partial charge in [0.2, 0.25) is 0 Å². The van der Waals surface area contributed by atoms with E-state index in [4.69, 9.17) is 5.73 Å². The molecule has 0 amide bonds. The third-order valence-electron chi connectivity index (χ3n) is 3.44. The van der Waals surface area contributed by atoms with Crippen LogP contribution in [0.4, 0.5) is 5.82 Å². The molecule has 94 valence electrons. The molecular weight excluding hydrogens is 236 g/mol. The predicted octanol–water partition coefficient (Wildman–Crippen LogP) is 2.89. The number of hydrogen-bond donors (Lipinski definition) is 1. The zero-order valence-corrected chi connectivity index (χ0v) is 10.9. The molecule has 4 nitrogen and oxygen atoms in total. The van der Waals surface area contributed by atoms with E-state index in [1.165, 1.54) is 0 Å². The maximum atomic E-state index is 5.77. The second-order valence-electron chi connectivity index (χ2n) is 4.59. The van der Waals surface area contributed by atoms with Gasteiger partial charge in [0.25, 0.3) is 0 Å². The Balaban J connectivity index is 2.22. The maximum absolute atomic E-state index is 5.77. The molecule has 0 spiro atoms. The average molecular weight is 250 g/mol. The minimum atomic E-state index is 0.490. The summed E-state index contributed by atoms with van der Waals surface area (Å²) in [4.78, 5) is 4.31. The number of anilines is 1. The SMILES string of the molecule is Cc1c(N)nnc(-c2ccc3ncccc3c2)c1C. The Bertz CT molecular complexity index is 765. The van der Waals surface area contributed by atoms with Crippen LogP contribution in [0.1, 0.15) is 11.1 Å². The predicted molar refractivity (Wildman–Crippen MR) is 76.7 cm³/mol. The van der Waals surface area contributed by atoms with E-state index in [0.717, 1.165) is 33.3 Å². The van der Waals surface area contributed by atoms with Gasteiger partial charge in [-0.15, -0.1) is 10.2 Å². The zero-order valence-electron chi connectivity index (χ0n) is 10.9. The van der Waals surface area contributed by atoms with Gasteiger partial charge in [-0.2, -0.15) is 0 Å². The van der Waals surface area contributed by atoms with Gasteiger partial charge < -0.3 is 5.73 Å². The molecule has 0 bridgehead atoms. The van der Waals surface area contributed by atoms with Crippen LogP contribution in [0.15, 0.2) is 36.5 Å². The molecule has 0 atom stereocenters. The maximum Gasteiger partial charge on any atom is 0.149 e. The van der Waals surface area contributed by atoms with Gasteiger partial charge in [-0.1, -0.05) is 12.1 Å². The number of fused-ring (bicyclic) bond motifs is 1. The Kier molecular flexibility index (Phi) is 2.63. The lowest BCUT2D eigenvalue weighted by molar-refractivity contribution is 1.02. The molecule has 0 unspecified atom stereocenters. The van der Waals surface area contributed by atoms with E-state index in [2.05, 4.69) is 21.2 Å². The number of hydrogen-bond acceptors (Lipinski definition) is 4. The molecule has 2 N–H and O–H groups in total. The van der Waals surface area contributed by atoms with Gasteiger partial charge >= 0.3 is 0 Å². The fourth-order valence-corrected chi connectivity index (χ4v) is 2.12. The lowest BCUT2D eigenvalue weighted by Crippen LogP contribution is -2.02. The van der Waals surface area contributed by atoms with Crippen LogP contribution < -0.4 is 5.73 Å². The minimum Gasteiger partial charge on any atom is -0.382 e. The van der Waals surface area contributed by atoms with Gasteiger partial charge in [-0.05, 0) is 43.2 Å². The quantitative estimate of drug-likeness (QED) is 0.721. The lowest BCUT2D eigenvalue weighted by atomic mass is 10.0. The van der Waals surface area contributed by atoms with Crippen molar-refractivity contribution < 1.29 is 0 Å². The summed E-state index contributed by atoms with van der Waals surface area (Å²) >= 11 is 0. The third kappa shape index (κ3) is 1.91. The summed E-state index contributed by atoms with van der Waals surface area (Å²) in [6, 6.07) is 10.1. The van der Waals surface area contributed by atoms with E-state index in [1.54, 1.807) is 6.20 Å². The van der Waals surface area contributed by atoms with Crippen LogP contribution in [-0.2, 0) is 0 Å². The fourth-order valence-electron chi connectivity index (χ4n) is 2.12. The standard InChI is InChI=1S/C15H14N4/c1-9-10(2)15(16)19-18-14(9)12-5-6-13-11(8-12)4-3-7-17-13/h3-8H,1-2H3,(H2,16,19). The average Bonchev–Trinajstić information content (AvgIpc) is 2.44. The summed E-state index contributed by atoms with van der Waals surface area (Å²) in [7, 11) is 0. The van der Waals surface area contributed by atoms with Crippen LogP contribution in [0.25, 0.3) is 22.2 Å². The lowest BCUT2D eigenvalue weighted by Gasteiger charge is -2.09. The number of nitrogens with two attached hydrogens (primary N) is 1. The molecule has 0 aliphatic heterocycles. The first kappa shape index (κ1) is 11.6. The van der Waals surface area contributed by atoms with Crippen LogP contribution in [0, 0.1) is 13.8 Å². The van der Waals surface area contributed by atoms with Crippen LogP contribution in [0.3, 0.4) is 0 Å². The van der Waals surface area contributed by atoms with Crippen molar-refractivity contribution in [3.05, 3.63) is 47.7 Å². The van der Waals surface area contributed by atoms with Crippen molar-refractivity contribution in [1.82, 2.24) is 15.2 Å². The molecule has 3 rings (SSSR count). The van der Waals surface area contributed by atoms with Crippen molar-refractivity contribution in [3.8, 4) is 11.3 Å². The van der Waals surface area contributed by atoms with E-state index in [-0.39, 0.29) is 0 Å². The number of aromatic nitrogens is 3. The van der Waals surface area contributed by atoms with E-state index in [9.17, 15) is 0 Å². The van der Waals surface area contributed by atoms with Gasteiger partial charge in [0.15, 0.2) is 0 Å². The van der Waals surface area contributed by atoms with Crippen molar-refractivity contribution in [3.63, 3.8) is 0 Å². The summed E-state index contributed by atoms with van der Waals surface area (Å²) in [5.41, 5.74) is 10.7. The summed E-state index contributed by atoms with van der Waals surface area (Å²) in [5, 5.41) is 9.32. The van der Waals surface area contributed by atoms with Gasteiger partial charge in [-0.3, -0.25) is 4.98 Å². The van der Waals surface area contributed by atoms with E-state index >= 15 is 0 Å².